The number of carbonyl (C=O) groups excluding carboxylic acids is 2. The van der Waals surface area contributed by atoms with E-state index in [4.69, 9.17) is 9.47 Å². The average Bonchev–Trinajstić information content (AvgIpc) is 3.19. The third kappa shape index (κ3) is 4.65. The van der Waals surface area contributed by atoms with Crippen LogP contribution in [0.15, 0.2) is 47.2 Å². The molecule has 0 fully saturated rings. The summed E-state index contributed by atoms with van der Waals surface area (Å²) in [6.45, 7) is 5.84. The molecule has 2 heterocycles. The number of rotatable bonds is 7. The predicted molar refractivity (Wildman–Crippen MR) is 121 cm³/mol. The fourth-order valence-electron chi connectivity index (χ4n) is 4.23. The van der Waals surface area contributed by atoms with Gasteiger partial charge in [0.05, 0.1) is 29.5 Å². The maximum atomic E-state index is 13.6. The van der Waals surface area contributed by atoms with Crippen LogP contribution in [-0.4, -0.2) is 48.7 Å². The smallest absolute Gasteiger partial charge is 0.418 e. The van der Waals surface area contributed by atoms with Crippen molar-refractivity contribution < 1.29 is 32.2 Å². The molecule has 1 aromatic heterocycles. The highest BCUT2D eigenvalue weighted by molar-refractivity contribution is 6.16. The topological polar surface area (TPSA) is 60.8 Å². The highest BCUT2D eigenvalue weighted by Crippen LogP contribution is 2.37. The van der Waals surface area contributed by atoms with Crippen molar-refractivity contribution in [2.45, 2.75) is 33.4 Å². The van der Waals surface area contributed by atoms with E-state index in [-0.39, 0.29) is 22.7 Å². The number of esters is 1. The number of amides is 1. The van der Waals surface area contributed by atoms with Crippen LogP contribution in [0.4, 0.5) is 13.2 Å². The quantitative estimate of drug-likeness (QED) is 0.327. The Balaban J connectivity index is 2.12. The van der Waals surface area contributed by atoms with Gasteiger partial charge in [-0.3, -0.25) is 4.79 Å². The van der Waals surface area contributed by atoms with Crippen molar-refractivity contribution in [1.82, 2.24) is 9.47 Å². The minimum absolute atomic E-state index is 0.00601. The Labute approximate surface area is 196 Å². The summed E-state index contributed by atoms with van der Waals surface area (Å²) in [5.74, 6) is -1.02. The lowest BCUT2D eigenvalue weighted by Crippen LogP contribution is -2.26. The van der Waals surface area contributed by atoms with E-state index >= 15 is 0 Å². The highest BCUT2D eigenvalue weighted by atomic mass is 19.4. The van der Waals surface area contributed by atoms with E-state index in [1.165, 1.54) is 28.7 Å². The van der Waals surface area contributed by atoms with Gasteiger partial charge in [0, 0.05) is 37.3 Å². The van der Waals surface area contributed by atoms with Crippen LogP contribution in [0.2, 0.25) is 0 Å². The first-order chi connectivity index (χ1) is 16.0. The van der Waals surface area contributed by atoms with Gasteiger partial charge in [-0.25, -0.2) is 4.79 Å². The lowest BCUT2D eigenvalue weighted by molar-refractivity contribution is -0.137. The number of aryl methyl sites for hydroxylation is 1. The van der Waals surface area contributed by atoms with Crippen LogP contribution in [-0.2, 0) is 25.2 Å². The van der Waals surface area contributed by atoms with E-state index < -0.39 is 17.7 Å². The van der Waals surface area contributed by atoms with E-state index in [1.54, 1.807) is 46.1 Å². The van der Waals surface area contributed by atoms with Crippen LogP contribution in [0.5, 0.6) is 0 Å². The number of aromatic nitrogens is 1. The van der Waals surface area contributed by atoms with Gasteiger partial charge in [0.25, 0.3) is 5.91 Å². The van der Waals surface area contributed by atoms with Gasteiger partial charge in [-0.05, 0) is 57.0 Å². The molecule has 9 heteroatoms. The van der Waals surface area contributed by atoms with E-state index in [0.29, 0.717) is 42.2 Å². The van der Waals surface area contributed by atoms with Crippen molar-refractivity contribution in [3.63, 3.8) is 0 Å². The number of hydrogen-bond acceptors (Lipinski definition) is 4. The van der Waals surface area contributed by atoms with E-state index in [1.807, 2.05) is 0 Å². The second kappa shape index (κ2) is 9.89. The van der Waals surface area contributed by atoms with Crippen molar-refractivity contribution in [3.05, 3.63) is 69.7 Å². The van der Waals surface area contributed by atoms with Crippen molar-refractivity contribution in [2.75, 3.05) is 27.4 Å². The molecule has 6 nitrogen and oxygen atoms in total. The molecule has 1 aliphatic rings. The number of carbonyl (C=O) groups is 2. The fourth-order valence-corrected chi connectivity index (χ4v) is 4.23. The molecular formula is C25H27F3N2O4. The zero-order valence-corrected chi connectivity index (χ0v) is 19.7. The van der Waals surface area contributed by atoms with Crippen molar-refractivity contribution in [1.29, 1.82) is 0 Å². The van der Waals surface area contributed by atoms with Gasteiger partial charge in [-0.1, -0.05) is 12.1 Å². The molecule has 0 saturated heterocycles. The predicted octanol–water partition coefficient (Wildman–Crippen LogP) is 4.82. The first-order valence-corrected chi connectivity index (χ1v) is 10.7. The highest BCUT2D eigenvalue weighted by Gasteiger charge is 2.37. The van der Waals surface area contributed by atoms with Gasteiger partial charge in [0.1, 0.15) is 0 Å². The molecule has 0 spiro atoms. The second-order valence-corrected chi connectivity index (χ2v) is 7.99. The largest absolute Gasteiger partial charge is 0.465 e. The summed E-state index contributed by atoms with van der Waals surface area (Å²) in [6, 6.07) is 7.02. The summed E-state index contributed by atoms with van der Waals surface area (Å²) in [6.07, 6.45) is -2.41. The molecule has 1 aromatic carbocycles. The SMILES string of the molecule is COCCCN1C(=O)C(=Cc2cc(C)n(-c3ccccc3C(F)(F)F)c2C)C(C(=O)OC)=C1C. The fraction of sp³-hybridized carbons (Fsp3) is 0.360. The van der Waals surface area contributed by atoms with Crippen molar-refractivity contribution >= 4 is 18.0 Å². The Bertz CT molecular complexity index is 1180. The number of benzene rings is 1. The lowest BCUT2D eigenvalue weighted by Gasteiger charge is -2.17. The monoisotopic (exact) mass is 476 g/mol. The zero-order valence-electron chi connectivity index (χ0n) is 19.7. The van der Waals surface area contributed by atoms with E-state index in [9.17, 15) is 22.8 Å². The van der Waals surface area contributed by atoms with Crippen molar-refractivity contribution in [3.8, 4) is 5.69 Å². The zero-order chi connectivity index (χ0) is 25.2. The average molecular weight is 476 g/mol. The maximum absolute atomic E-state index is 13.6. The number of hydrogen-bond donors (Lipinski definition) is 0. The van der Waals surface area contributed by atoms with Gasteiger partial charge in [0.15, 0.2) is 0 Å². The summed E-state index contributed by atoms with van der Waals surface area (Å²) in [4.78, 5) is 27.2. The first kappa shape index (κ1) is 25.3. The molecule has 0 aliphatic carbocycles. The summed E-state index contributed by atoms with van der Waals surface area (Å²) < 4.78 is 52.4. The first-order valence-electron chi connectivity index (χ1n) is 10.7. The standard InChI is InChI=1S/C25H27F3N2O4/c1-15-13-18(16(2)30(15)21-10-7-6-9-20(21)25(26,27)28)14-19-22(24(32)34-5)17(3)29(23(19)31)11-8-12-33-4/h6-7,9-10,13-14H,8,11-12H2,1-5H3. The molecule has 1 amide bonds. The molecule has 0 unspecified atom stereocenters. The molecule has 1 aliphatic heterocycles. The van der Waals surface area contributed by atoms with Gasteiger partial charge in [-0.15, -0.1) is 0 Å². The number of halogens is 3. The van der Waals surface area contributed by atoms with Crippen LogP contribution in [0.1, 0.15) is 35.9 Å². The molecule has 34 heavy (non-hydrogen) atoms. The molecule has 182 valence electrons. The van der Waals surface area contributed by atoms with E-state index in [0.717, 1.165) is 6.07 Å². The Morgan fingerprint density at radius 2 is 1.79 bits per heavy atom. The maximum Gasteiger partial charge on any atom is 0.418 e. The van der Waals surface area contributed by atoms with Crippen LogP contribution in [0.25, 0.3) is 11.8 Å². The number of para-hydroxylation sites is 1. The molecule has 3 rings (SSSR count). The lowest BCUT2D eigenvalue weighted by atomic mass is 10.0. The number of methoxy groups -OCH3 is 2. The van der Waals surface area contributed by atoms with Crippen LogP contribution in [0, 0.1) is 13.8 Å². The van der Waals surface area contributed by atoms with Crippen LogP contribution < -0.4 is 0 Å². The molecule has 0 radical (unpaired) electrons. The summed E-state index contributed by atoms with van der Waals surface area (Å²) in [5, 5.41) is 0. The van der Waals surface area contributed by atoms with Gasteiger partial charge < -0.3 is 18.9 Å². The minimum atomic E-state index is -4.53. The number of nitrogens with zero attached hydrogens (tertiary/aromatic N) is 2. The van der Waals surface area contributed by atoms with Gasteiger partial charge in [0.2, 0.25) is 0 Å². The molecule has 2 aromatic rings. The molecule has 0 bridgehead atoms. The van der Waals surface area contributed by atoms with E-state index in [2.05, 4.69) is 0 Å². The number of allylic oxidation sites excluding steroid dienone is 1. The Kier molecular flexibility index (Phi) is 7.35. The molecule has 0 atom stereocenters. The Hall–Kier alpha value is -3.33. The Morgan fingerprint density at radius 3 is 2.41 bits per heavy atom. The summed E-state index contributed by atoms with van der Waals surface area (Å²) in [5.41, 5.74) is 1.59. The van der Waals surface area contributed by atoms with Crippen molar-refractivity contribution in [2.24, 2.45) is 0 Å². The van der Waals surface area contributed by atoms with Crippen LogP contribution >= 0.6 is 0 Å². The number of ether oxygens (including phenoxy) is 2. The third-order valence-corrected chi connectivity index (χ3v) is 5.85. The van der Waals surface area contributed by atoms with Gasteiger partial charge in [-0.2, -0.15) is 13.2 Å². The third-order valence-electron chi connectivity index (χ3n) is 5.85. The summed E-state index contributed by atoms with van der Waals surface area (Å²) in [7, 11) is 2.80. The van der Waals surface area contributed by atoms with Crippen LogP contribution in [0.3, 0.4) is 0 Å². The normalized spacial score (nSPS) is 15.6. The number of alkyl halides is 3. The summed E-state index contributed by atoms with van der Waals surface area (Å²) >= 11 is 0. The Morgan fingerprint density at radius 1 is 1.12 bits per heavy atom. The van der Waals surface area contributed by atoms with Gasteiger partial charge >= 0.3 is 12.1 Å². The second-order valence-electron chi connectivity index (χ2n) is 7.99. The minimum Gasteiger partial charge on any atom is -0.465 e. The molecule has 0 saturated carbocycles. The molecular weight excluding hydrogens is 449 g/mol. The molecule has 0 N–H and O–H groups in total.